The van der Waals surface area contributed by atoms with Gasteiger partial charge in [0, 0.05) is 22.6 Å². The van der Waals surface area contributed by atoms with E-state index in [0.29, 0.717) is 11.1 Å². The van der Waals surface area contributed by atoms with Crippen LogP contribution in [0, 0.1) is 13.8 Å². The number of likely N-dealkylation sites (N-methyl/N-ethyl adjacent to an activating group) is 1. The monoisotopic (exact) mass is 373 g/mol. The van der Waals surface area contributed by atoms with E-state index in [1.54, 1.807) is 32.2 Å². The molecule has 0 fully saturated rings. The average Bonchev–Trinajstić information content (AvgIpc) is 2.54. The fraction of sp³-hybridized carbons (Fsp3) is 0.263. The third kappa shape index (κ3) is 3.88. The third-order valence-corrected chi connectivity index (χ3v) is 4.64. The van der Waals surface area contributed by atoms with Crippen molar-refractivity contribution in [3.8, 4) is 0 Å². The zero-order chi connectivity index (χ0) is 17.1. The Bertz CT molecular complexity index is 755. The number of amides is 1. The number of carbonyl (C=O) groups is 2. The summed E-state index contributed by atoms with van der Waals surface area (Å²) in [7, 11) is 1.66. The highest BCUT2D eigenvalue weighted by molar-refractivity contribution is 9.10. The van der Waals surface area contributed by atoms with E-state index in [9.17, 15) is 9.59 Å². The van der Waals surface area contributed by atoms with E-state index in [-0.39, 0.29) is 11.7 Å². The zero-order valence-corrected chi connectivity index (χ0v) is 15.3. The summed E-state index contributed by atoms with van der Waals surface area (Å²) in [6, 6.07) is 12.3. The molecule has 0 heterocycles. The summed E-state index contributed by atoms with van der Waals surface area (Å²) in [6.07, 6.45) is 0. The Balaban J connectivity index is 2.21. The second kappa shape index (κ2) is 7.09. The van der Waals surface area contributed by atoms with Gasteiger partial charge in [0.15, 0.2) is 5.78 Å². The molecule has 2 rings (SSSR count). The maximum Gasteiger partial charge on any atom is 0.254 e. The fourth-order valence-electron chi connectivity index (χ4n) is 2.31. The first-order chi connectivity index (χ1) is 10.8. The maximum atomic E-state index is 12.6. The minimum Gasteiger partial charge on any atom is -0.332 e. The number of ketones is 1. The summed E-state index contributed by atoms with van der Waals surface area (Å²) in [5, 5.41) is 0. The minimum absolute atomic E-state index is 0.0565. The van der Waals surface area contributed by atoms with Gasteiger partial charge in [-0.15, -0.1) is 0 Å². The maximum absolute atomic E-state index is 12.6. The number of rotatable bonds is 4. The topological polar surface area (TPSA) is 37.4 Å². The molecule has 0 aliphatic rings. The van der Waals surface area contributed by atoms with Crippen molar-refractivity contribution in [3.63, 3.8) is 0 Å². The van der Waals surface area contributed by atoms with E-state index in [1.165, 1.54) is 4.90 Å². The summed E-state index contributed by atoms with van der Waals surface area (Å²) < 4.78 is 0.838. The Labute approximate surface area is 145 Å². The molecule has 0 saturated heterocycles. The van der Waals surface area contributed by atoms with E-state index in [4.69, 9.17) is 0 Å². The van der Waals surface area contributed by atoms with Crippen LogP contribution in [0.5, 0.6) is 0 Å². The highest BCUT2D eigenvalue weighted by atomic mass is 79.9. The predicted molar refractivity (Wildman–Crippen MR) is 95.9 cm³/mol. The van der Waals surface area contributed by atoms with Gasteiger partial charge in [0.2, 0.25) is 0 Å². The molecule has 1 atom stereocenters. The van der Waals surface area contributed by atoms with E-state index in [2.05, 4.69) is 15.9 Å². The Hall–Kier alpha value is -1.94. The van der Waals surface area contributed by atoms with Crippen molar-refractivity contribution in [2.45, 2.75) is 26.8 Å². The van der Waals surface area contributed by atoms with Crippen LogP contribution in [-0.2, 0) is 0 Å². The molecule has 2 aromatic carbocycles. The molecule has 0 N–H and O–H groups in total. The number of hydrogen-bond donors (Lipinski definition) is 0. The summed E-state index contributed by atoms with van der Waals surface area (Å²) >= 11 is 3.36. The Kier molecular flexibility index (Phi) is 5.37. The van der Waals surface area contributed by atoms with Crippen molar-refractivity contribution in [3.05, 3.63) is 69.2 Å². The molecule has 0 radical (unpaired) electrons. The van der Waals surface area contributed by atoms with Crippen molar-refractivity contribution in [1.29, 1.82) is 0 Å². The van der Waals surface area contributed by atoms with Gasteiger partial charge in [0.1, 0.15) is 0 Å². The van der Waals surface area contributed by atoms with Gasteiger partial charge in [-0.3, -0.25) is 9.59 Å². The summed E-state index contributed by atoms with van der Waals surface area (Å²) in [5.41, 5.74) is 3.41. The lowest BCUT2D eigenvalue weighted by atomic mass is 9.99. The third-order valence-electron chi connectivity index (χ3n) is 4.14. The van der Waals surface area contributed by atoms with Crippen LogP contribution in [0.15, 0.2) is 46.9 Å². The van der Waals surface area contributed by atoms with Gasteiger partial charge in [-0.1, -0.05) is 34.1 Å². The van der Waals surface area contributed by atoms with Crippen LogP contribution in [-0.4, -0.2) is 29.7 Å². The van der Waals surface area contributed by atoms with Gasteiger partial charge < -0.3 is 4.90 Å². The second-order valence-electron chi connectivity index (χ2n) is 5.77. The number of halogens is 1. The van der Waals surface area contributed by atoms with Gasteiger partial charge >= 0.3 is 0 Å². The molecule has 0 aromatic heterocycles. The smallest absolute Gasteiger partial charge is 0.254 e. The predicted octanol–water partition coefficient (Wildman–Crippen LogP) is 4.41. The number of aryl methyl sites for hydroxylation is 2. The van der Waals surface area contributed by atoms with Gasteiger partial charge in [-0.05, 0) is 56.2 Å². The molecule has 0 spiro atoms. The van der Waals surface area contributed by atoms with Crippen molar-refractivity contribution in [2.75, 3.05) is 7.05 Å². The van der Waals surface area contributed by atoms with Gasteiger partial charge in [-0.25, -0.2) is 0 Å². The summed E-state index contributed by atoms with van der Waals surface area (Å²) in [5.74, 6) is -0.227. The fourth-order valence-corrected chi connectivity index (χ4v) is 2.71. The highest BCUT2D eigenvalue weighted by Crippen LogP contribution is 2.17. The SMILES string of the molecule is Cc1ccc(C(=O)C(C)N(C)C(=O)c2cccc(Br)c2)cc1C. The van der Waals surface area contributed by atoms with E-state index < -0.39 is 6.04 Å². The molecule has 1 amide bonds. The lowest BCUT2D eigenvalue weighted by molar-refractivity contribution is 0.0675. The molecule has 1 unspecified atom stereocenters. The van der Waals surface area contributed by atoms with Gasteiger partial charge in [0.25, 0.3) is 5.91 Å². The Morgan fingerprint density at radius 3 is 2.30 bits per heavy atom. The number of Topliss-reactive ketones (excluding diaryl/α,β-unsaturated/α-hetero) is 1. The zero-order valence-electron chi connectivity index (χ0n) is 13.8. The Morgan fingerprint density at radius 2 is 1.70 bits per heavy atom. The van der Waals surface area contributed by atoms with E-state index in [0.717, 1.165) is 15.6 Å². The van der Waals surface area contributed by atoms with Crippen LogP contribution in [0.1, 0.15) is 38.8 Å². The molecular formula is C19H20BrNO2. The lowest BCUT2D eigenvalue weighted by Gasteiger charge is -2.24. The molecule has 4 heteroatoms. The summed E-state index contributed by atoms with van der Waals surface area (Å²) in [6.45, 7) is 5.75. The molecule has 23 heavy (non-hydrogen) atoms. The first-order valence-electron chi connectivity index (χ1n) is 7.45. The average molecular weight is 374 g/mol. The van der Waals surface area contributed by atoms with Crippen molar-refractivity contribution in [2.24, 2.45) is 0 Å². The van der Waals surface area contributed by atoms with Crippen molar-refractivity contribution in [1.82, 2.24) is 4.90 Å². The molecule has 0 bridgehead atoms. The molecule has 0 aliphatic carbocycles. The largest absolute Gasteiger partial charge is 0.332 e. The second-order valence-corrected chi connectivity index (χ2v) is 6.68. The molecule has 0 saturated carbocycles. The standard InChI is InChI=1S/C19H20BrNO2/c1-12-8-9-15(10-13(12)2)18(22)14(3)21(4)19(23)16-6-5-7-17(20)11-16/h5-11,14H,1-4H3. The number of hydrogen-bond acceptors (Lipinski definition) is 2. The number of carbonyl (C=O) groups excluding carboxylic acids is 2. The molecular weight excluding hydrogens is 354 g/mol. The first kappa shape index (κ1) is 17.4. The highest BCUT2D eigenvalue weighted by Gasteiger charge is 2.24. The molecule has 3 nitrogen and oxygen atoms in total. The summed E-state index contributed by atoms with van der Waals surface area (Å²) in [4.78, 5) is 26.7. The normalized spacial score (nSPS) is 11.9. The van der Waals surface area contributed by atoms with Gasteiger partial charge in [-0.2, -0.15) is 0 Å². The van der Waals surface area contributed by atoms with Crippen LogP contribution < -0.4 is 0 Å². The quantitative estimate of drug-likeness (QED) is 0.744. The first-order valence-corrected chi connectivity index (χ1v) is 8.24. The van der Waals surface area contributed by atoms with Crippen LogP contribution in [0.4, 0.5) is 0 Å². The number of nitrogens with zero attached hydrogens (tertiary/aromatic N) is 1. The molecule has 2 aromatic rings. The minimum atomic E-state index is -0.524. The number of benzene rings is 2. The van der Waals surface area contributed by atoms with E-state index >= 15 is 0 Å². The van der Waals surface area contributed by atoms with Crippen LogP contribution in [0.3, 0.4) is 0 Å². The van der Waals surface area contributed by atoms with Gasteiger partial charge in [0.05, 0.1) is 6.04 Å². The van der Waals surface area contributed by atoms with E-state index in [1.807, 2.05) is 38.1 Å². The Morgan fingerprint density at radius 1 is 1.00 bits per heavy atom. The van der Waals surface area contributed by atoms with Crippen LogP contribution >= 0.6 is 15.9 Å². The molecule has 120 valence electrons. The van der Waals surface area contributed by atoms with Crippen LogP contribution in [0.2, 0.25) is 0 Å². The van der Waals surface area contributed by atoms with Crippen molar-refractivity contribution < 1.29 is 9.59 Å². The van der Waals surface area contributed by atoms with Crippen molar-refractivity contribution >= 4 is 27.6 Å². The lowest BCUT2D eigenvalue weighted by Crippen LogP contribution is -2.40. The van der Waals surface area contributed by atoms with Crippen LogP contribution in [0.25, 0.3) is 0 Å². The molecule has 0 aliphatic heterocycles.